The lowest BCUT2D eigenvalue weighted by Gasteiger charge is -2.08. The summed E-state index contributed by atoms with van der Waals surface area (Å²) in [6.07, 6.45) is 0.902. The molecule has 4 heteroatoms. The van der Waals surface area contributed by atoms with Gasteiger partial charge in [-0.25, -0.2) is 4.39 Å². The van der Waals surface area contributed by atoms with Crippen LogP contribution in [-0.4, -0.2) is 13.7 Å². The number of methoxy groups -OCH3 is 1. The van der Waals surface area contributed by atoms with Crippen molar-refractivity contribution in [3.05, 3.63) is 58.3 Å². The summed E-state index contributed by atoms with van der Waals surface area (Å²) in [6.45, 7) is 0.796. The number of rotatable bonds is 5. The van der Waals surface area contributed by atoms with Crippen molar-refractivity contribution < 1.29 is 9.13 Å². The molecule has 0 bridgehead atoms. The third-order valence-corrected chi connectivity index (χ3v) is 3.43. The van der Waals surface area contributed by atoms with Crippen LogP contribution >= 0.6 is 15.9 Å². The van der Waals surface area contributed by atoms with Gasteiger partial charge in [0.05, 0.1) is 11.6 Å². The summed E-state index contributed by atoms with van der Waals surface area (Å²) in [5, 5.41) is 3.26. The maximum atomic E-state index is 13.1. The van der Waals surface area contributed by atoms with Crippen LogP contribution in [0.15, 0.2) is 46.9 Å². The Morgan fingerprint density at radius 2 is 1.89 bits per heavy atom. The average molecular weight is 324 g/mol. The molecular formula is C15H15BrFNO. The summed E-state index contributed by atoms with van der Waals surface area (Å²) in [7, 11) is 1.66. The van der Waals surface area contributed by atoms with Crippen molar-refractivity contribution in [2.75, 3.05) is 19.0 Å². The molecule has 0 heterocycles. The van der Waals surface area contributed by atoms with E-state index in [1.54, 1.807) is 19.2 Å². The van der Waals surface area contributed by atoms with Crippen LogP contribution in [0.4, 0.5) is 10.1 Å². The standard InChI is InChI=1S/C15H15BrFNO/c1-19-13-5-2-11(3-6-13)8-9-18-12-4-7-15(17)14(16)10-12/h2-7,10,18H,8-9H2,1H3. The highest BCUT2D eigenvalue weighted by atomic mass is 79.9. The fraction of sp³-hybridized carbons (Fsp3) is 0.200. The number of halogens is 2. The van der Waals surface area contributed by atoms with Crippen molar-refractivity contribution in [1.82, 2.24) is 0 Å². The molecule has 0 aromatic heterocycles. The van der Waals surface area contributed by atoms with E-state index in [1.807, 2.05) is 24.3 Å². The number of benzene rings is 2. The van der Waals surface area contributed by atoms with Crippen LogP contribution in [0.2, 0.25) is 0 Å². The van der Waals surface area contributed by atoms with Crippen LogP contribution in [0.1, 0.15) is 5.56 Å². The van der Waals surface area contributed by atoms with Gasteiger partial charge in [-0.1, -0.05) is 12.1 Å². The molecule has 0 atom stereocenters. The van der Waals surface area contributed by atoms with Gasteiger partial charge in [0.15, 0.2) is 0 Å². The highest BCUT2D eigenvalue weighted by Crippen LogP contribution is 2.20. The first kappa shape index (κ1) is 13.9. The van der Waals surface area contributed by atoms with Gasteiger partial charge in [-0.2, -0.15) is 0 Å². The zero-order valence-electron chi connectivity index (χ0n) is 10.6. The number of nitrogens with one attached hydrogen (secondary N) is 1. The second kappa shape index (κ2) is 6.57. The molecular weight excluding hydrogens is 309 g/mol. The van der Waals surface area contributed by atoms with Crippen LogP contribution in [0.3, 0.4) is 0 Å². The van der Waals surface area contributed by atoms with Crippen LogP contribution < -0.4 is 10.1 Å². The van der Waals surface area contributed by atoms with Gasteiger partial charge in [-0.3, -0.25) is 0 Å². The van der Waals surface area contributed by atoms with Crippen molar-refractivity contribution in [3.63, 3.8) is 0 Å². The van der Waals surface area contributed by atoms with Crippen LogP contribution in [0, 0.1) is 5.82 Å². The Balaban J connectivity index is 1.86. The topological polar surface area (TPSA) is 21.3 Å². The lowest BCUT2D eigenvalue weighted by Crippen LogP contribution is -2.04. The first-order valence-electron chi connectivity index (χ1n) is 6.01. The summed E-state index contributed by atoms with van der Waals surface area (Å²) in [6, 6.07) is 12.9. The maximum Gasteiger partial charge on any atom is 0.137 e. The minimum atomic E-state index is -0.249. The molecule has 0 spiro atoms. The lowest BCUT2D eigenvalue weighted by atomic mass is 10.1. The van der Waals surface area contributed by atoms with Gasteiger partial charge in [0.2, 0.25) is 0 Å². The normalized spacial score (nSPS) is 10.3. The predicted octanol–water partition coefficient (Wildman–Crippen LogP) is 4.25. The largest absolute Gasteiger partial charge is 0.497 e. The summed E-state index contributed by atoms with van der Waals surface area (Å²) in [5.74, 6) is 0.611. The smallest absolute Gasteiger partial charge is 0.137 e. The van der Waals surface area contributed by atoms with E-state index in [2.05, 4.69) is 21.2 Å². The summed E-state index contributed by atoms with van der Waals surface area (Å²) < 4.78 is 18.7. The second-order valence-electron chi connectivity index (χ2n) is 4.15. The number of ether oxygens (including phenoxy) is 1. The highest BCUT2D eigenvalue weighted by Gasteiger charge is 2.00. The molecule has 19 heavy (non-hydrogen) atoms. The molecule has 0 aliphatic heterocycles. The quantitative estimate of drug-likeness (QED) is 0.888. The van der Waals surface area contributed by atoms with Gasteiger partial charge < -0.3 is 10.1 Å². The monoisotopic (exact) mass is 323 g/mol. The molecule has 0 radical (unpaired) electrons. The van der Waals surface area contributed by atoms with E-state index in [1.165, 1.54) is 11.6 Å². The van der Waals surface area contributed by atoms with Crippen LogP contribution in [0.5, 0.6) is 5.75 Å². The molecule has 0 amide bonds. The average Bonchev–Trinajstić information content (AvgIpc) is 2.43. The van der Waals surface area contributed by atoms with Crippen molar-refractivity contribution in [2.45, 2.75) is 6.42 Å². The molecule has 0 saturated carbocycles. The summed E-state index contributed by atoms with van der Waals surface area (Å²) >= 11 is 3.17. The van der Waals surface area contributed by atoms with Gasteiger partial charge in [-0.15, -0.1) is 0 Å². The molecule has 2 rings (SSSR count). The van der Waals surface area contributed by atoms with Crippen LogP contribution in [0.25, 0.3) is 0 Å². The molecule has 2 nitrogen and oxygen atoms in total. The Morgan fingerprint density at radius 1 is 1.16 bits per heavy atom. The van der Waals surface area contributed by atoms with Gasteiger partial charge >= 0.3 is 0 Å². The Labute approximate surface area is 120 Å². The third-order valence-electron chi connectivity index (χ3n) is 2.82. The predicted molar refractivity (Wildman–Crippen MR) is 79.3 cm³/mol. The van der Waals surface area contributed by atoms with E-state index in [-0.39, 0.29) is 5.82 Å². The zero-order valence-corrected chi connectivity index (χ0v) is 12.2. The number of anilines is 1. The molecule has 2 aromatic carbocycles. The first-order chi connectivity index (χ1) is 9.19. The van der Waals surface area contributed by atoms with E-state index >= 15 is 0 Å². The zero-order chi connectivity index (χ0) is 13.7. The van der Waals surface area contributed by atoms with E-state index in [0.717, 1.165) is 24.4 Å². The van der Waals surface area contributed by atoms with Gasteiger partial charge in [0.25, 0.3) is 0 Å². The van der Waals surface area contributed by atoms with Gasteiger partial charge in [0, 0.05) is 12.2 Å². The highest BCUT2D eigenvalue weighted by molar-refractivity contribution is 9.10. The molecule has 0 aliphatic carbocycles. The number of hydrogen-bond acceptors (Lipinski definition) is 2. The number of hydrogen-bond donors (Lipinski definition) is 1. The molecule has 0 unspecified atom stereocenters. The Kier molecular flexibility index (Phi) is 4.80. The Bertz CT molecular complexity index is 542. The van der Waals surface area contributed by atoms with Gasteiger partial charge in [0.1, 0.15) is 11.6 Å². The molecule has 2 aromatic rings. The SMILES string of the molecule is COc1ccc(CCNc2ccc(F)c(Br)c2)cc1. The van der Waals surface area contributed by atoms with Crippen LogP contribution in [-0.2, 0) is 6.42 Å². The summed E-state index contributed by atoms with van der Waals surface area (Å²) in [4.78, 5) is 0. The molecule has 0 aliphatic rings. The van der Waals surface area contributed by atoms with Crippen molar-refractivity contribution in [2.24, 2.45) is 0 Å². The van der Waals surface area contributed by atoms with E-state index < -0.39 is 0 Å². The minimum Gasteiger partial charge on any atom is -0.497 e. The van der Waals surface area contributed by atoms with E-state index in [4.69, 9.17) is 4.74 Å². The first-order valence-corrected chi connectivity index (χ1v) is 6.80. The Hall–Kier alpha value is -1.55. The fourth-order valence-electron chi connectivity index (χ4n) is 1.75. The van der Waals surface area contributed by atoms with Crippen molar-refractivity contribution in [1.29, 1.82) is 0 Å². The fourth-order valence-corrected chi connectivity index (χ4v) is 2.13. The summed E-state index contributed by atoms with van der Waals surface area (Å²) in [5.41, 5.74) is 2.14. The third kappa shape index (κ3) is 3.96. The molecule has 0 fully saturated rings. The molecule has 100 valence electrons. The Morgan fingerprint density at radius 3 is 2.53 bits per heavy atom. The molecule has 0 saturated heterocycles. The molecule has 1 N–H and O–H groups in total. The minimum absolute atomic E-state index is 0.249. The van der Waals surface area contributed by atoms with E-state index in [9.17, 15) is 4.39 Å². The van der Waals surface area contributed by atoms with Gasteiger partial charge in [-0.05, 0) is 58.2 Å². The van der Waals surface area contributed by atoms with E-state index in [0.29, 0.717) is 4.47 Å². The lowest BCUT2D eigenvalue weighted by molar-refractivity contribution is 0.414. The maximum absolute atomic E-state index is 13.1. The van der Waals surface area contributed by atoms with Crippen molar-refractivity contribution >= 4 is 21.6 Å². The van der Waals surface area contributed by atoms with Crippen molar-refractivity contribution in [3.8, 4) is 5.75 Å². The second-order valence-corrected chi connectivity index (χ2v) is 5.01.